The van der Waals surface area contributed by atoms with Crippen LogP contribution in [0.5, 0.6) is 0 Å². The first kappa shape index (κ1) is 24.2. The number of amides is 1. The Bertz CT molecular complexity index is 634. The van der Waals surface area contributed by atoms with Crippen LogP contribution >= 0.6 is 24.8 Å². The Morgan fingerprint density at radius 3 is 2.08 bits per heavy atom. The molecule has 2 aromatic carbocycles. The summed E-state index contributed by atoms with van der Waals surface area (Å²) in [7, 11) is 0. The second-order valence-corrected chi connectivity index (χ2v) is 5.73. The summed E-state index contributed by atoms with van der Waals surface area (Å²) in [4.78, 5) is 14.4. The van der Waals surface area contributed by atoms with E-state index < -0.39 is 0 Å². The Kier molecular flexibility index (Phi) is 12.5. The molecular formula is C20H29Cl2N3O. The fraction of sp³-hybridized carbons (Fsp3) is 0.350. The lowest BCUT2D eigenvalue weighted by atomic mass is 10.1. The fourth-order valence-corrected chi connectivity index (χ4v) is 2.57. The molecule has 0 saturated carbocycles. The third-order valence-corrected chi connectivity index (χ3v) is 4.11. The fourth-order valence-electron chi connectivity index (χ4n) is 2.57. The van der Waals surface area contributed by atoms with E-state index in [4.69, 9.17) is 0 Å². The maximum Gasteiger partial charge on any atom is 0.239 e. The first-order chi connectivity index (χ1) is 11.7. The van der Waals surface area contributed by atoms with Crippen molar-refractivity contribution in [1.29, 1.82) is 0 Å². The van der Waals surface area contributed by atoms with E-state index in [2.05, 4.69) is 47.6 Å². The number of nitrogens with zero attached hydrogens (tertiary/aromatic N) is 1. The zero-order chi connectivity index (χ0) is 17.2. The molecule has 1 amide bonds. The third kappa shape index (κ3) is 8.09. The number of carbonyl (C=O) groups excluding carboxylic acids is 1. The summed E-state index contributed by atoms with van der Waals surface area (Å²) in [5, 5.41) is 6.12. The van der Waals surface area contributed by atoms with Gasteiger partial charge in [0.2, 0.25) is 5.91 Å². The number of rotatable bonds is 9. The van der Waals surface area contributed by atoms with Crippen molar-refractivity contribution in [2.24, 2.45) is 0 Å². The number of para-hydroxylation sites is 1. The third-order valence-electron chi connectivity index (χ3n) is 4.11. The molecule has 144 valence electrons. The van der Waals surface area contributed by atoms with Crippen molar-refractivity contribution >= 4 is 36.4 Å². The number of carbonyl (C=O) groups is 1. The Morgan fingerprint density at radius 1 is 0.885 bits per heavy atom. The average molecular weight is 398 g/mol. The van der Waals surface area contributed by atoms with Crippen LogP contribution in [0.2, 0.25) is 0 Å². The van der Waals surface area contributed by atoms with Gasteiger partial charge in [0.25, 0.3) is 0 Å². The van der Waals surface area contributed by atoms with Gasteiger partial charge in [-0.15, -0.1) is 24.8 Å². The number of anilines is 1. The molecule has 6 heteroatoms. The van der Waals surface area contributed by atoms with E-state index in [1.807, 2.05) is 36.4 Å². The SMILES string of the molecule is CCN(CC)Cc1ccccc1CNC(=O)CNc1ccccc1.Cl.Cl. The summed E-state index contributed by atoms with van der Waals surface area (Å²) in [6, 6.07) is 18.1. The molecule has 2 N–H and O–H groups in total. The molecule has 0 radical (unpaired) electrons. The molecule has 0 bridgehead atoms. The maximum atomic E-state index is 12.1. The van der Waals surface area contributed by atoms with Crippen LogP contribution in [0.4, 0.5) is 5.69 Å². The highest BCUT2D eigenvalue weighted by Crippen LogP contribution is 2.11. The van der Waals surface area contributed by atoms with E-state index in [-0.39, 0.29) is 37.3 Å². The lowest BCUT2D eigenvalue weighted by Gasteiger charge is -2.20. The largest absolute Gasteiger partial charge is 0.376 e. The van der Waals surface area contributed by atoms with Gasteiger partial charge in [-0.3, -0.25) is 9.69 Å². The van der Waals surface area contributed by atoms with Crippen LogP contribution in [0.1, 0.15) is 25.0 Å². The van der Waals surface area contributed by atoms with Gasteiger partial charge in [-0.25, -0.2) is 0 Å². The van der Waals surface area contributed by atoms with Crippen molar-refractivity contribution in [3.8, 4) is 0 Å². The van der Waals surface area contributed by atoms with Crippen molar-refractivity contribution in [2.75, 3.05) is 25.0 Å². The number of nitrogens with one attached hydrogen (secondary N) is 2. The summed E-state index contributed by atoms with van der Waals surface area (Å²) < 4.78 is 0. The van der Waals surface area contributed by atoms with Crippen LogP contribution in [0.25, 0.3) is 0 Å². The highest BCUT2D eigenvalue weighted by molar-refractivity contribution is 5.85. The molecule has 2 aromatic rings. The van der Waals surface area contributed by atoms with E-state index in [0.717, 1.165) is 25.3 Å². The smallest absolute Gasteiger partial charge is 0.239 e. The summed E-state index contributed by atoms with van der Waals surface area (Å²) in [6.07, 6.45) is 0. The Hall–Kier alpha value is -1.75. The normalized spacial score (nSPS) is 9.81. The van der Waals surface area contributed by atoms with Crippen LogP contribution < -0.4 is 10.6 Å². The van der Waals surface area contributed by atoms with Crippen LogP contribution in [-0.2, 0) is 17.9 Å². The molecule has 0 aliphatic rings. The molecule has 0 aliphatic heterocycles. The first-order valence-electron chi connectivity index (χ1n) is 8.57. The number of halogens is 2. The van der Waals surface area contributed by atoms with Gasteiger partial charge < -0.3 is 10.6 Å². The number of hydrogen-bond donors (Lipinski definition) is 2. The van der Waals surface area contributed by atoms with E-state index in [0.29, 0.717) is 6.54 Å². The maximum absolute atomic E-state index is 12.1. The van der Waals surface area contributed by atoms with Crippen molar-refractivity contribution in [2.45, 2.75) is 26.9 Å². The van der Waals surface area contributed by atoms with Crippen molar-refractivity contribution in [3.63, 3.8) is 0 Å². The number of benzene rings is 2. The van der Waals surface area contributed by atoms with Crippen molar-refractivity contribution in [3.05, 3.63) is 65.7 Å². The minimum Gasteiger partial charge on any atom is -0.376 e. The second kappa shape index (κ2) is 13.5. The molecule has 26 heavy (non-hydrogen) atoms. The van der Waals surface area contributed by atoms with E-state index in [9.17, 15) is 4.79 Å². The zero-order valence-electron chi connectivity index (χ0n) is 15.4. The van der Waals surface area contributed by atoms with Crippen LogP contribution in [0, 0.1) is 0 Å². The average Bonchev–Trinajstić information content (AvgIpc) is 2.64. The van der Waals surface area contributed by atoms with Gasteiger partial charge in [-0.2, -0.15) is 0 Å². The predicted molar refractivity (Wildman–Crippen MR) is 114 cm³/mol. The molecule has 0 aromatic heterocycles. The van der Waals surface area contributed by atoms with Gasteiger partial charge in [0.1, 0.15) is 0 Å². The van der Waals surface area contributed by atoms with Gasteiger partial charge in [-0.1, -0.05) is 56.3 Å². The molecule has 4 nitrogen and oxygen atoms in total. The van der Waals surface area contributed by atoms with Crippen molar-refractivity contribution < 1.29 is 4.79 Å². The second-order valence-electron chi connectivity index (χ2n) is 5.73. The minimum atomic E-state index is -0.00325. The predicted octanol–water partition coefficient (Wildman–Crippen LogP) is 4.10. The summed E-state index contributed by atoms with van der Waals surface area (Å²) in [6.45, 7) is 8.15. The van der Waals surface area contributed by atoms with Gasteiger partial charge >= 0.3 is 0 Å². The van der Waals surface area contributed by atoms with Gasteiger partial charge in [0, 0.05) is 18.8 Å². The standard InChI is InChI=1S/C20H27N3O.2ClH/c1-3-23(4-2)16-18-11-9-8-10-17(18)14-22-20(24)15-21-19-12-6-5-7-13-19;;/h5-13,21H,3-4,14-16H2,1-2H3,(H,22,24);2*1H. The Morgan fingerprint density at radius 2 is 1.46 bits per heavy atom. The molecule has 0 spiro atoms. The lowest BCUT2D eigenvalue weighted by Crippen LogP contribution is -2.30. The van der Waals surface area contributed by atoms with Crippen molar-refractivity contribution in [1.82, 2.24) is 10.2 Å². The van der Waals surface area contributed by atoms with Crippen LogP contribution in [0.3, 0.4) is 0 Å². The topological polar surface area (TPSA) is 44.4 Å². The zero-order valence-corrected chi connectivity index (χ0v) is 17.0. The molecule has 2 rings (SSSR count). The lowest BCUT2D eigenvalue weighted by molar-refractivity contribution is -0.119. The molecule has 0 atom stereocenters. The van der Waals surface area contributed by atoms with E-state index in [1.54, 1.807) is 0 Å². The summed E-state index contributed by atoms with van der Waals surface area (Å²) in [5.74, 6) is -0.00325. The first-order valence-corrected chi connectivity index (χ1v) is 8.57. The molecule has 0 heterocycles. The molecule has 0 unspecified atom stereocenters. The molecule has 0 saturated heterocycles. The van der Waals surface area contributed by atoms with Gasteiger partial charge in [0.15, 0.2) is 0 Å². The van der Waals surface area contributed by atoms with E-state index in [1.165, 1.54) is 11.1 Å². The molecular weight excluding hydrogens is 369 g/mol. The number of hydrogen-bond acceptors (Lipinski definition) is 3. The monoisotopic (exact) mass is 397 g/mol. The van der Waals surface area contributed by atoms with Crippen LogP contribution in [-0.4, -0.2) is 30.4 Å². The molecule has 0 aliphatic carbocycles. The summed E-state index contributed by atoms with van der Waals surface area (Å²) >= 11 is 0. The molecule has 0 fully saturated rings. The minimum absolute atomic E-state index is 0. The van der Waals surface area contributed by atoms with Gasteiger partial charge in [0.05, 0.1) is 6.54 Å². The van der Waals surface area contributed by atoms with Crippen LogP contribution in [0.15, 0.2) is 54.6 Å². The van der Waals surface area contributed by atoms with Gasteiger partial charge in [-0.05, 0) is 36.3 Å². The summed E-state index contributed by atoms with van der Waals surface area (Å²) in [5.41, 5.74) is 3.41. The highest BCUT2D eigenvalue weighted by Gasteiger charge is 2.07. The quantitative estimate of drug-likeness (QED) is 0.669. The highest BCUT2D eigenvalue weighted by atomic mass is 35.5. The van der Waals surface area contributed by atoms with E-state index >= 15 is 0 Å². The Balaban J connectivity index is 0.00000312. The Labute approximate surface area is 169 Å².